The third-order valence-electron chi connectivity index (χ3n) is 4.13. The lowest BCUT2D eigenvalue weighted by Gasteiger charge is -2.27. The van der Waals surface area contributed by atoms with Crippen LogP contribution in [-0.2, 0) is 4.74 Å². The third kappa shape index (κ3) is 2.10. The molecule has 9 nitrogen and oxygen atoms in total. The van der Waals surface area contributed by atoms with Crippen LogP contribution in [-0.4, -0.2) is 48.6 Å². The van der Waals surface area contributed by atoms with E-state index in [9.17, 15) is 19.4 Å². The molecule has 3 heterocycles. The van der Waals surface area contributed by atoms with Gasteiger partial charge in [-0.1, -0.05) is 5.92 Å². The molecule has 24 heavy (non-hydrogen) atoms. The minimum atomic E-state index is -1.78. The lowest BCUT2D eigenvalue weighted by molar-refractivity contribution is -0.0756. The van der Waals surface area contributed by atoms with Gasteiger partial charge in [0.1, 0.15) is 17.6 Å². The van der Waals surface area contributed by atoms with Crippen molar-refractivity contribution in [3.05, 3.63) is 22.4 Å². The lowest BCUT2D eigenvalue weighted by Crippen LogP contribution is -2.54. The molecule has 0 saturated carbocycles. The summed E-state index contributed by atoms with van der Waals surface area (Å²) >= 11 is 0. The number of hydrogen-bond donors (Lipinski definition) is 5. The maximum absolute atomic E-state index is 14.2. The molecule has 0 radical (unpaired) electrons. The number of H-pyrrole nitrogens is 1. The maximum atomic E-state index is 14.2. The van der Waals surface area contributed by atoms with Crippen molar-refractivity contribution in [2.45, 2.75) is 37.0 Å². The second-order valence-corrected chi connectivity index (χ2v) is 5.75. The molecule has 5 atom stereocenters. The molecule has 1 unspecified atom stereocenters. The fraction of sp³-hybridized carbons (Fsp3) is 0.429. The predicted octanol–water partition coefficient (Wildman–Crippen LogP) is -1.58. The van der Waals surface area contributed by atoms with Crippen LogP contribution in [0, 0.1) is 18.2 Å². The number of aliphatic hydroxyl groups is 2. The molecular formula is C14H16FN5O4. The molecule has 1 aliphatic heterocycles. The SMILES string of the molecule is C#CC1(N)[C@@H](O)[C@@H]([C@@H](C)O)O[C@H]1n1cc(F)c2c(=O)[nH]c(N)nc21. The number of aromatic amines is 1. The maximum Gasteiger partial charge on any atom is 0.264 e. The van der Waals surface area contributed by atoms with Gasteiger partial charge in [0.15, 0.2) is 23.2 Å². The molecule has 0 aromatic carbocycles. The van der Waals surface area contributed by atoms with Crippen molar-refractivity contribution in [2.24, 2.45) is 5.73 Å². The largest absolute Gasteiger partial charge is 0.391 e. The van der Waals surface area contributed by atoms with Gasteiger partial charge in [-0.15, -0.1) is 6.42 Å². The van der Waals surface area contributed by atoms with Gasteiger partial charge < -0.3 is 26.4 Å². The van der Waals surface area contributed by atoms with E-state index in [1.165, 1.54) is 6.92 Å². The molecule has 128 valence electrons. The average Bonchev–Trinajstić information content (AvgIpc) is 2.95. The number of rotatable bonds is 2. The second-order valence-electron chi connectivity index (χ2n) is 5.75. The van der Waals surface area contributed by atoms with Crippen LogP contribution >= 0.6 is 0 Å². The number of aliphatic hydroxyl groups excluding tert-OH is 2. The summed E-state index contributed by atoms with van der Waals surface area (Å²) in [5.74, 6) is 1.12. The van der Waals surface area contributed by atoms with Gasteiger partial charge in [0, 0.05) is 6.20 Å². The summed E-state index contributed by atoms with van der Waals surface area (Å²) in [6, 6.07) is 0. The van der Waals surface area contributed by atoms with Crippen LogP contribution in [0.25, 0.3) is 11.0 Å². The van der Waals surface area contributed by atoms with Crippen LogP contribution in [0.4, 0.5) is 10.3 Å². The van der Waals surface area contributed by atoms with Crippen molar-refractivity contribution in [3.63, 3.8) is 0 Å². The Morgan fingerprint density at radius 1 is 1.67 bits per heavy atom. The first kappa shape index (κ1) is 16.4. The highest BCUT2D eigenvalue weighted by molar-refractivity contribution is 5.77. The Morgan fingerprint density at radius 3 is 2.92 bits per heavy atom. The fourth-order valence-electron chi connectivity index (χ4n) is 2.89. The number of aromatic nitrogens is 3. The number of fused-ring (bicyclic) bond motifs is 1. The number of nitrogen functional groups attached to an aromatic ring is 1. The minimum absolute atomic E-state index is 0.137. The van der Waals surface area contributed by atoms with Gasteiger partial charge in [0.2, 0.25) is 5.95 Å². The van der Waals surface area contributed by atoms with E-state index in [4.69, 9.17) is 22.6 Å². The normalized spacial score (nSPS) is 31.2. The highest BCUT2D eigenvalue weighted by Gasteiger charge is 2.55. The number of nitrogens with one attached hydrogen (secondary N) is 1. The van der Waals surface area contributed by atoms with Crippen molar-refractivity contribution in [1.29, 1.82) is 0 Å². The minimum Gasteiger partial charge on any atom is -0.391 e. The van der Waals surface area contributed by atoms with Crippen molar-refractivity contribution >= 4 is 17.0 Å². The van der Waals surface area contributed by atoms with Crippen LogP contribution in [0.1, 0.15) is 13.2 Å². The topological polar surface area (TPSA) is 152 Å². The number of ether oxygens (including phenoxy) is 1. The number of halogens is 1. The number of terminal acetylenes is 1. The molecule has 2 aromatic heterocycles. The molecule has 7 N–H and O–H groups in total. The Morgan fingerprint density at radius 2 is 2.33 bits per heavy atom. The van der Waals surface area contributed by atoms with Gasteiger partial charge in [-0.05, 0) is 6.92 Å². The van der Waals surface area contributed by atoms with E-state index in [1.54, 1.807) is 0 Å². The Kier molecular flexibility index (Phi) is 3.61. The van der Waals surface area contributed by atoms with Crippen LogP contribution < -0.4 is 17.0 Å². The number of nitrogens with two attached hydrogens (primary N) is 2. The molecule has 1 saturated heterocycles. The molecule has 1 aliphatic rings. The standard InChI is InChI=1S/C14H16FN5O4/c1-3-14(17)9(22)8(5(2)21)24-12(14)20-4-6(15)7-10(20)18-13(16)19-11(7)23/h1,4-5,8-9,12,21-22H,17H2,2H3,(H3,16,18,19,23)/t5-,8-,9+,12-,14?/m1/s1. The lowest BCUT2D eigenvalue weighted by atomic mass is 9.90. The van der Waals surface area contributed by atoms with Crippen LogP contribution in [0.15, 0.2) is 11.0 Å². The quantitative estimate of drug-likeness (QED) is 0.414. The molecule has 0 bridgehead atoms. The van der Waals surface area contributed by atoms with E-state index in [-0.39, 0.29) is 17.0 Å². The van der Waals surface area contributed by atoms with Crippen molar-refractivity contribution in [1.82, 2.24) is 14.5 Å². The van der Waals surface area contributed by atoms with Gasteiger partial charge in [0.05, 0.1) is 6.10 Å². The number of anilines is 1. The van der Waals surface area contributed by atoms with Gasteiger partial charge in [0.25, 0.3) is 5.56 Å². The monoisotopic (exact) mass is 337 g/mol. The van der Waals surface area contributed by atoms with Gasteiger partial charge >= 0.3 is 0 Å². The van der Waals surface area contributed by atoms with Crippen molar-refractivity contribution in [2.75, 3.05) is 5.73 Å². The molecule has 3 rings (SSSR count). The molecule has 1 fully saturated rings. The Labute approximate surface area is 135 Å². The summed E-state index contributed by atoms with van der Waals surface area (Å²) in [5.41, 5.74) is 8.88. The number of hydrogen-bond acceptors (Lipinski definition) is 7. The predicted molar refractivity (Wildman–Crippen MR) is 82.1 cm³/mol. The van der Waals surface area contributed by atoms with Crippen LogP contribution in [0.3, 0.4) is 0 Å². The van der Waals surface area contributed by atoms with Crippen LogP contribution in [0.5, 0.6) is 0 Å². The van der Waals surface area contributed by atoms with E-state index >= 15 is 0 Å². The Bertz CT molecular complexity index is 901. The smallest absolute Gasteiger partial charge is 0.264 e. The molecule has 0 spiro atoms. The van der Waals surface area contributed by atoms with Crippen molar-refractivity contribution < 1.29 is 19.3 Å². The summed E-state index contributed by atoms with van der Waals surface area (Å²) < 4.78 is 20.8. The summed E-state index contributed by atoms with van der Waals surface area (Å²) in [5, 5.41) is 19.7. The highest BCUT2D eigenvalue weighted by atomic mass is 19.1. The summed E-state index contributed by atoms with van der Waals surface area (Å²) in [7, 11) is 0. The van der Waals surface area contributed by atoms with E-state index < -0.39 is 41.5 Å². The summed E-state index contributed by atoms with van der Waals surface area (Å²) in [6.07, 6.45) is 1.50. The van der Waals surface area contributed by atoms with Gasteiger partial charge in [-0.2, -0.15) is 4.98 Å². The molecule has 2 aromatic rings. The Hall–Kier alpha value is -2.45. The zero-order chi connectivity index (χ0) is 17.8. The first-order valence-corrected chi connectivity index (χ1v) is 7.04. The zero-order valence-corrected chi connectivity index (χ0v) is 12.6. The van der Waals surface area contributed by atoms with Crippen molar-refractivity contribution in [3.8, 4) is 12.3 Å². The molecule has 0 aliphatic carbocycles. The fourth-order valence-corrected chi connectivity index (χ4v) is 2.89. The van der Waals surface area contributed by atoms with Gasteiger partial charge in [-0.3, -0.25) is 14.3 Å². The summed E-state index contributed by atoms with van der Waals surface area (Å²) in [4.78, 5) is 18.0. The third-order valence-corrected chi connectivity index (χ3v) is 4.13. The highest BCUT2D eigenvalue weighted by Crippen LogP contribution is 2.39. The molecular weight excluding hydrogens is 321 g/mol. The average molecular weight is 337 g/mol. The number of nitrogens with zero attached hydrogens (tertiary/aromatic N) is 2. The molecule has 10 heteroatoms. The zero-order valence-electron chi connectivity index (χ0n) is 12.6. The van der Waals surface area contributed by atoms with E-state index in [1.807, 2.05) is 0 Å². The van der Waals surface area contributed by atoms with E-state index in [0.29, 0.717) is 0 Å². The van der Waals surface area contributed by atoms with Crippen LogP contribution in [0.2, 0.25) is 0 Å². The summed E-state index contributed by atoms with van der Waals surface area (Å²) in [6.45, 7) is 1.39. The Balaban J connectivity index is 2.24. The molecule has 0 amide bonds. The van der Waals surface area contributed by atoms with E-state index in [2.05, 4.69) is 15.9 Å². The first-order valence-electron chi connectivity index (χ1n) is 7.04. The second kappa shape index (κ2) is 5.29. The van der Waals surface area contributed by atoms with Gasteiger partial charge in [-0.25, -0.2) is 4.39 Å². The first-order chi connectivity index (χ1) is 11.2. The van der Waals surface area contributed by atoms with E-state index in [0.717, 1.165) is 10.8 Å².